The quantitative estimate of drug-likeness (QED) is 0.476. The van der Waals surface area contributed by atoms with Crippen molar-refractivity contribution in [3.8, 4) is 0 Å². The van der Waals surface area contributed by atoms with E-state index in [1.807, 2.05) is 0 Å². The first kappa shape index (κ1) is 23.8. The van der Waals surface area contributed by atoms with E-state index in [2.05, 4.69) is 5.32 Å². The molecular formula is C10H21Cl3N2O4. The highest BCUT2D eigenvalue weighted by molar-refractivity contribution is 6.18. The first-order valence-corrected chi connectivity index (χ1v) is 6.35. The van der Waals surface area contributed by atoms with Crippen molar-refractivity contribution >= 4 is 47.5 Å². The molecular weight excluding hydrogens is 318 g/mol. The Morgan fingerprint density at radius 1 is 1.32 bits per heavy atom. The van der Waals surface area contributed by atoms with Crippen molar-refractivity contribution in [1.82, 2.24) is 5.32 Å². The standard InChI is InChI=1S/C7H12ClNO3.C3H8ClNO.ClH/c1-5(10)9-4-7(3-8)12-6(2)11;4-1-3(6)2-5;/h7H,3-4H2,1-2H3,(H,9,10);3,6H,1-2,5H2;1H/t7-;3-;/m11./s1. The number of nitrogens with one attached hydrogen (secondary N) is 1. The summed E-state index contributed by atoms with van der Waals surface area (Å²) in [6.07, 6.45) is -0.959. The van der Waals surface area contributed by atoms with Crippen LogP contribution in [0.5, 0.6) is 0 Å². The van der Waals surface area contributed by atoms with E-state index < -0.39 is 18.2 Å². The molecule has 0 heterocycles. The lowest BCUT2D eigenvalue weighted by Crippen LogP contribution is -2.34. The van der Waals surface area contributed by atoms with Gasteiger partial charge in [0.2, 0.25) is 5.91 Å². The van der Waals surface area contributed by atoms with Crippen LogP contribution < -0.4 is 11.1 Å². The van der Waals surface area contributed by atoms with Crippen LogP contribution in [0.1, 0.15) is 13.8 Å². The summed E-state index contributed by atoms with van der Waals surface area (Å²) < 4.78 is 4.76. The van der Waals surface area contributed by atoms with Crippen LogP contribution >= 0.6 is 35.6 Å². The van der Waals surface area contributed by atoms with Crippen LogP contribution in [0, 0.1) is 0 Å². The molecule has 0 saturated carbocycles. The lowest BCUT2D eigenvalue weighted by Gasteiger charge is -2.13. The van der Waals surface area contributed by atoms with Crippen molar-refractivity contribution in [2.24, 2.45) is 5.73 Å². The van der Waals surface area contributed by atoms with Gasteiger partial charge in [-0.2, -0.15) is 0 Å². The van der Waals surface area contributed by atoms with Gasteiger partial charge in [0.25, 0.3) is 0 Å². The molecule has 0 fully saturated rings. The van der Waals surface area contributed by atoms with Gasteiger partial charge in [0.05, 0.1) is 18.5 Å². The van der Waals surface area contributed by atoms with Crippen molar-refractivity contribution < 1.29 is 19.4 Å². The van der Waals surface area contributed by atoms with Gasteiger partial charge >= 0.3 is 5.97 Å². The Bertz CT molecular complexity index is 241. The number of aliphatic hydroxyl groups is 1. The van der Waals surface area contributed by atoms with Gasteiger partial charge in [-0.05, 0) is 0 Å². The number of carbonyl (C=O) groups excluding carboxylic acids is 2. The van der Waals surface area contributed by atoms with Gasteiger partial charge in [0, 0.05) is 26.3 Å². The van der Waals surface area contributed by atoms with Gasteiger partial charge in [0.1, 0.15) is 6.10 Å². The second-order valence-electron chi connectivity index (χ2n) is 3.37. The Balaban J connectivity index is -0.000000313. The summed E-state index contributed by atoms with van der Waals surface area (Å²) >= 11 is 10.6. The summed E-state index contributed by atoms with van der Waals surface area (Å²) in [5.74, 6) is -0.153. The largest absolute Gasteiger partial charge is 0.459 e. The zero-order valence-corrected chi connectivity index (χ0v) is 13.2. The van der Waals surface area contributed by atoms with Crippen LogP contribution in [-0.2, 0) is 14.3 Å². The molecule has 4 N–H and O–H groups in total. The molecule has 0 aromatic heterocycles. The highest BCUT2D eigenvalue weighted by atomic mass is 35.5. The molecule has 0 rings (SSSR count). The summed E-state index contributed by atoms with van der Waals surface area (Å²) in [6, 6.07) is 0. The smallest absolute Gasteiger partial charge is 0.303 e. The minimum absolute atomic E-state index is 0. The van der Waals surface area contributed by atoms with Crippen molar-refractivity contribution in [3.63, 3.8) is 0 Å². The molecule has 0 unspecified atom stereocenters. The molecule has 2 atom stereocenters. The molecule has 0 saturated heterocycles. The van der Waals surface area contributed by atoms with E-state index in [0.29, 0.717) is 0 Å². The minimum Gasteiger partial charge on any atom is -0.459 e. The van der Waals surface area contributed by atoms with E-state index in [1.165, 1.54) is 13.8 Å². The maximum atomic E-state index is 10.5. The van der Waals surface area contributed by atoms with E-state index in [9.17, 15) is 9.59 Å². The first-order chi connectivity index (χ1) is 8.37. The fraction of sp³-hybridized carbons (Fsp3) is 0.800. The molecule has 0 radical (unpaired) electrons. The van der Waals surface area contributed by atoms with Crippen molar-refractivity contribution in [1.29, 1.82) is 0 Å². The lowest BCUT2D eigenvalue weighted by molar-refractivity contribution is -0.145. The number of hydrogen-bond donors (Lipinski definition) is 3. The van der Waals surface area contributed by atoms with Crippen LogP contribution in [0.25, 0.3) is 0 Å². The number of hydrogen-bond acceptors (Lipinski definition) is 5. The van der Waals surface area contributed by atoms with Crippen LogP contribution in [0.15, 0.2) is 0 Å². The Kier molecular flexibility index (Phi) is 19.8. The van der Waals surface area contributed by atoms with Crippen molar-refractivity contribution in [3.05, 3.63) is 0 Å². The highest BCUT2D eigenvalue weighted by Crippen LogP contribution is 1.94. The van der Waals surface area contributed by atoms with E-state index in [0.717, 1.165) is 0 Å². The van der Waals surface area contributed by atoms with Gasteiger partial charge in [0.15, 0.2) is 0 Å². The van der Waals surface area contributed by atoms with Gasteiger partial charge < -0.3 is 20.9 Å². The number of halogens is 3. The van der Waals surface area contributed by atoms with Gasteiger partial charge in [-0.25, -0.2) is 0 Å². The molecule has 0 bridgehead atoms. The molecule has 6 nitrogen and oxygen atoms in total. The summed E-state index contributed by atoms with van der Waals surface area (Å²) in [5, 5.41) is 10.9. The SMILES string of the molecule is CC(=O)NC[C@@H](CCl)OC(C)=O.Cl.NC[C@H](O)CCl. The maximum Gasteiger partial charge on any atom is 0.303 e. The number of carbonyl (C=O) groups is 2. The molecule has 19 heavy (non-hydrogen) atoms. The third-order valence-corrected chi connectivity index (χ3v) is 2.23. The van der Waals surface area contributed by atoms with E-state index in [-0.39, 0.29) is 43.2 Å². The molecule has 0 aromatic rings. The molecule has 0 aliphatic rings. The number of ether oxygens (including phenoxy) is 1. The summed E-state index contributed by atoms with van der Waals surface area (Å²) in [6.45, 7) is 3.20. The van der Waals surface area contributed by atoms with E-state index >= 15 is 0 Å². The normalized spacial score (nSPS) is 12.1. The fourth-order valence-electron chi connectivity index (χ4n) is 0.683. The Morgan fingerprint density at radius 3 is 2.05 bits per heavy atom. The Hall–Kier alpha value is -0.270. The van der Waals surface area contributed by atoms with Crippen LogP contribution in [0.2, 0.25) is 0 Å². The Labute approximate surface area is 129 Å². The predicted molar refractivity (Wildman–Crippen MR) is 78.0 cm³/mol. The zero-order chi connectivity index (χ0) is 14.6. The van der Waals surface area contributed by atoms with E-state index in [4.69, 9.17) is 38.8 Å². The topological polar surface area (TPSA) is 102 Å². The predicted octanol–water partition coefficient (Wildman–Crippen LogP) is 0.260. The van der Waals surface area contributed by atoms with Crippen molar-refractivity contribution in [2.75, 3.05) is 24.8 Å². The molecule has 1 amide bonds. The molecule has 9 heteroatoms. The number of nitrogens with two attached hydrogens (primary N) is 1. The molecule has 0 spiro atoms. The highest BCUT2D eigenvalue weighted by Gasteiger charge is 2.10. The second kappa shape index (κ2) is 15.8. The number of alkyl halides is 2. The number of esters is 1. The molecule has 0 aliphatic carbocycles. The number of aliphatic hydroxyl groups excluding tert-OH is 1. The zero-order valence-electron chi connectivity index (χ0n) is 10.9. The van der Waals surface area contributed by atoms with Crippen LogP contribution in [0.4, 0.5) is 0 Å². The lowest BCUT2D eigenvalue weighted by atomic mass is 10.4. The number of amides is 1. The summed E-state index contributed by atoms with van der Waals surface area (Å²) in [7, 11) is 0. The molecule has 0 aliphatic heterocycles. The van der Waals surface area contributed by atoms with Gasteiger partial charge in [-0.15, -0.1) is 35.6 Å². The van der Waals surface area contributed by atoms with Crippen LogP contribution in [-0.4, -0.2) is 54.0 Å². The average Bonchev–Trinajstić information content (AvgIpc) is 2.33. The summed E-state index contributed by atoms with van der Waals surface area (Å²) in [5.41, 5.74) is 4.95. The Morgan fingerprint density at radius 2 is 1.84 bits per heavy atom. The van der Waals surface area contributed by atoms with E-state index in [1.54, 1.807) is 0 Å². The van der Waals surface area contributed by atoms with Gasteiger partial charge in [-0.1, -0.05) is 0 Å². The molecule has 0 aromatic carbocycles. The van der Waals surface area contributed by atoms with Crippen molar-refractivity contribution in [2.45, 2.75) is 26.1 Å². The third kappa shape index (κ3) is 20.2. The first-order valence-electron chi connectivity index (χ1n) is 5.29. The minimum atomic E-state index is -0.522. The average molecular weight is 340 g/mol. The number of rotatable bonds is 6. The second-order valence-corrected chi connectivity index (χ2v) is 3.98. The maximum absolute atomic E-state index is 10.5. The monoisotopic (exact) mass is 338 g/mol. The molecule has 116 valence electrons. The van der Waals surface area contributed by atoms with Gasteiger partial charge in [-0.3, -0.25) is 9.59 Å². The fourth-order valence-corrected chi connectivity index (χ4v) is 0.981. The van der Waals surface area contributed by atoms with Crippen LogP contribution in [0.3, 0.4) is 0 Å². The third-order valence-electron chi connectivity index (χ3n) is 1.53. The summed E-state index contributed by atoms with van der Waals surface area (Å²) in [4.78, 5) is 20.9.